The maximum atomic E-state index is 13.3. The lowest BCUT2D eigenvalue weighted by Crippen LogP contribution is -2.34. The number of methoxy groups -OCH3 is 2. The van der Waals surface area contributed by atoms with Crippen molar-refractivity contribution in [1.29, 1.82) is 0 Å². The van der Waals surface area contributed by atoms with Crippen molar-refractivity contribution in [2.45, 2.75) is 32.2 Å². The van der Waals surface area contributed by atoms with Crippen LogP contribution in [0.3, 0.4) is 0 Å². The molecule has 1 fully saturated rings. The maximum absolute atomic E-state index is 13.3. The zero-order valence-corrected chi connectivity index (χ0v) is 23.1. The first kappa shape index (κ1) is 27.2. The largest absolute Gasteiger partial charge is 0.496 e. The predicted molar refractivity (Wildman–Crippen MR) is 139 cm³/mol. The number of ketones is 1. The van der Waals surface area contributed by atoms with E-state index in [2.05, 4.69) is 4.90 Å². The number of carbonyl (C=O) groups is 3. The van der Waals surface area contributed by atoms with E-state index in [1.807, 2.05) is 29.6 Å². The number of Topliss-reactive ketones (excluding diaryl/α,β-unsaturated/α-hetero) is 1. The van der Waals surface area contributed by atoms with E-state index in [0.29, 0.717) is 27.8 Å². The first-order valence-corrected chi connectivity index (χ1v) is 12.4. The molecule has 0 spiro atoms. The molecule has 8 nitrogen and oxygen atoms in total. The third kappa shape index (κ3) is 5.73. The molecule has 2 atom stereocenters. The number of ether oxygens (including phenoxy) is 4. The fourth-order valence-corrected chi connectivity index (χ4v) is 5.05. The molecule has 0 radical (unpaired) electrons. The Hall–Kier alpha value is -2.37. The van der Waals surface area contributed by atoms with Gasteiger partial charge in [0.1, 0.15) is 23.7 Å². The first-order chi connectivity index (χ1) is 16.6. The van der Waals surface area contributed by atoms with Gasteiger partial charge in [-0.15, -0.1) is 0 Å². The van der Waals surface area contributed by atoms with Crippen molar-refractivity contribution in [2.75, 3.05) is 34.4 Å². The van der Waals surface area contributed by atoms with Crippen molar-refractivity contribution >= 4 is 51.9 Å². The molecule has 0 aromatic heterocycles. The van der Waals surface area contributed by atoms with Crippen LogP contribution < -0.4 is 14.2 Å². The molecule has 2 aromatic rings. The lowest BCUT2D eigenvalue weighted by Gasteiger charge is -2.28. The van der Waals surface area contributed by atoms with Gasteiger partial charge in [0.15, 0.2) is 11.5 Å². The van der Waals surface area contributed by atoms with Gasteiger partial charge in [0, 0.05) is 28.0 Å². The fourth-order valence-electron chi connectivity index (χ4n) is 4.35. The molecule has 0 bridgehead atoms. The Labute approximate surface area is 222 Å². The molecule has 0 N–H and O–H groups in total. The monoisotopic (exact) mass is 615 g/mol. The number of hydrogen-bond acceptors (Lipinski definition) is 8. The zero-order valence-electron chi connectivity index (χ0n) is 20.1. The van der Waals surface area contributed by atoms with Crippen LogP contribution in [0, 0.1) is 3.57 Å². The molecular formula is C25H27ClINO7. The zero-order chi connectivity index (χ0) is 25.9. The Bertz CT molecular complexity index is 1150. The van der Waals surface area contributed by atoms with Crippen LogP contribution in [0.5, 0.6) is 17.2 Å². The average Bonchev–Trinajstić information content (AvgIpc) is 3.17. The number of hydrogen-bond donors (Lipinski definition) is 0. The van der Waals surface area contributed by atoms with Crippen LogP contribution >= 0.6 is 34.2 Å². The van der Waals surface area contributed by atoms with Gasteiger partial charge < -0.3 is 18.9 Å². The van der Waals surface area contributed by atoms with Crippen LogP contribution in [-0.2, 0) is 9.53 Å². The highest BCUT2D eigenvalue weighted by Crippen LogP contribution is 2.48. The third-order valence-corrected chi connectivity index (χ3v) is 7.68. The van der Waals surface area contributed by atoms with Gasteiger partial charge in [-0.05, 0) is 61.7 Å². The summed E-state index contributed by atoms with van der Waals surface area (Å²) in [5.74, 6) is -1.03. The fraction of sp³-hybridized carbons (Fsp3) is 0.400. The number of halogens is 2. The highest BCUT2D eigenvalue weighted by molar-refractivity contribution is 14.1. The van der Waals surface area contributed by atoms with E-state index >= 15 is 0 Å². The van der Waals surface area contributed by atoms with Crippen LogP contribution in [0.4, 0.5) is 0 Å². The number of nitrogens with zero attached hydrogens (tertiary/aromatic N) is 1. The van der Waals surface area contributed by atoms with Crippen LogP contribution in [-0.4, -0.2) is 63.1 Å². The molecule has 1 saturated heterocycles. The van der Waals surface area contributed by atoms with E-state index in [1.165, 1.54) is 28.1 Å². The lowest BCUT2D eigenvalue weighted by atomic mass is 9.87. The Morgan fingerprint density at radius 1 is 1.14 bits per heavy atom. The summed E-state index contributed by atoms with van der Waals surface area (Å²) >= 11 is 8.40. The lowest BCUT2D eigenvalue weighted by molar-refractivity contribution is -0.142. The van der Waals surface area contributed by atoms with Gasteiger partial charge in [-0.2, -0.15) is 0 Å². The van der Waals surface area contributed by atoms with Crippen LogP contribution in [0.1, 0.15) is 52.5 Å². The molecule has 0 saturated carbocycles. The van der Waals surface area contributed by atoms with E-state index in [1.54, 1.807) is 24.3 Å². The molecule has 2 unspecified atom stereocenters. The first-order valence-electron chi connectivity index (χ1n) is 10.9. The van der Waals surface area contributed by atoms with Gasteiger partial charge >= 0.3 is 11.9 Å². The minimum absolute atomic E-state index is 0.0572. The normalized spacial score (nSPS) is 17.7. The highest BCUT2D eigenvalue weighted by atomic mass is 127. The van der Waals surface area contributed by atoms with Gasteiger partial charge in [-0.25, -0.2) is 4.79 Å². The van der Waals surface area contributed by atoms with Crippen LogP contribution in [0.25, 0.3) is 0 Å². The molecule has 2 aromatic carbocycles. The van der Waals surface area contributed by atoms with E-state index in [-0.39, 0.29) is 52.0 Å². The van der Waals surface area contributed by atoms with E-state index in [0.717, 1.165) is 0 Å². The van der Waals surface area contributed by atoms with Crippen molar-refractivity contribution in [1.82, 2.24) is 4.90 Å². The highest BCUT2D eigenvalue weighted by Gasteiger charge is 2.40. The van der Waals surface area contributed by atoms with Gasteiger partial charge in [0.05, 0.1) is 30.8 Å². The predicted octanol–water partition coefficient (Wildman–Crippen LogP) is 4.73. The Kier molecular flexibility index (Phi) is 9.00. The molecule has 1 heterocycles. The van der Waals surface area contributed by atoms with Gasteiger partial charge in [-0.3, -0.25) is 14.5 Å². The number of rotatable bonds is 8. The summed E-state index contributed by atoms with van der Waals surface area (Å²) in [7, 11) is 4.84. The maximum Gasteiger partial charge on any atom is 0.345 e. The Balaban J connectivity index is 2.21. The summed E-state index contributed by atoms with van der Waals surface area (Å²) < 4.78 is 23.1. The quantitative estimate of drug-likeness (QED) is 0.182. The summed E-state index contributed by atoms with van der Waals surface area (Å²) in [4.78, 5) is 39.7. The van der Waals surface area contributed by atoms with Crippen LogP contribution in [0.15, 0.2) is 24.3 Å². The van der Waals surface area contributed by atoms with Gasteiger partial charge in [0.2, 0.25) is 0 Å². The molecule has 188 valence electrons. The molecule has 1 aliphatic heterocycles. The van der Waals surface area contributed by atoms with E-state index in [9.17, 15) is 14.4 Å². The Morgan fingerprint density at radius 3 is 2.43 bits per heavy atom. The van der Waals surface area contributed by atoms with Crippen LogP contribution in [0.2, 0.25) is 5.02 Å². The summed E-state index contributed by atoms with van der Waals surface area (Å²) in [6.07, 6.45) is 0.664. The molecule has 0 amide bonds. The second kappa shape index (κ2) is 11.6. The van der Waals surface area contributed by atoms with E-state index in [4.69, 9.17) is 30.5 Å². The average molecular weight is 616 g/mol. The molecule has 35 heavy (non-hydrogen) atoms. The molecule has 0 aliphatic carbocycles. The van der Waals surface area contributed by atoms with Crippen molar-refractivity contribution in [3.05, 3.63) is 49.5 Å². The second-order valence-corrected chi connectivity index (χ2v) is 9.73. The minimum atomic E-state index is -0.713. The smallest absolute Gasteiger partial charge is 0.345 e. The SMILES string of the molecule is COc1cc(OC)c(C2CCN(C)C2COC(C)=O)c(OC(=O)c2cccc(I)c2Cl)c1C(C)=O. The topological polar surface area (TPSA) is 91.4 Å². The standard InChI is InChI=1S/C25H27ClINO7/c1-13(29)21-19(32-4)11-20(33-5)22(15-9-10-28(3)18(15)12-34-14(2)30)24(21)35-25(31)16-7-6-8-17(27)23(16)26/h6-8,11,15,18H,9-10,12H2,1-5H3. The third-order valence-electron chi connectivity index (χ3n) is 6.06. The van der Waals surface area contributed by atoms with Crippen molar-refractivity contribution < 1.29 is 33.3 Å². The second-order valence-electron chi connectivity index (χ2n) is 8.19. The minimum Gasteiger partial charge on any atom is -0.496 e. The summed E-state index contributed by atoms with van der Waals surface area (Å²) in [5.41, 5.74) is 0.829. The molecule has 10 heteroatoms. The van der Waals surface area contributed by atoms with Gasteiger partial charge in [-0.1, -0.05) is 17.7 Å². The van der Waals surface area contributed by atoms with E-state index < -0.39 is 11.9 Å². The Morgan fingerprint density at radius 2 is 1.83 bits per heavy atom. The van der Waals surface area contributed by atoms with Gasteiger partial charge in [0.25, 0.3) is 0 Å². The summed E-state index contributed by atoms with van der Waals surface area (Å²) in [5, 5.41) is 0.257. The summed E-state index contributed by atoms with van der Waals surface area (Å²) in [6.45, 7) is 3.57. The number of benzene rings is 2. The van der Waals surface area contributed by atoms with Crippen molar-refractivity contribution in [2.24, 2.45) is 0 Å². The molecular weight excluding hydrogens is 589 g/mol. The molecule has 3 rings (SSSR count). The number of likely N-dealkylation sites (N-methyl/N-ethyl adjacent to an activating group) is 1. The number of likely N-dealkylation sites (tertiary alicyclic amines) is 1. The summed E-state index contributed by atoms with van der Waals surface area (Å²) in [6, 6.07) is 6.42. The van der Waals surface area contributed by atoms with Crippen molar-refractivity contribution in [3.8, 4) is 17.2 Å². The number of carbonyl (C=O) groups excluding carboxylic acids is 3. The number of esters is 2. The molecule has 1 aliphatic rings. The van der Waals surface area contributed by atoms with Crippen molar-refractivity contribution in [3.63, 3.8) is 0 Å².